The molecule has 0 saturated heterocycles. The molecule has 0 bridgehead atoms. The molecule has 0 aliphatic carbocycles. The second-order valence-corrected chi connectivity index (χ2v) is 11.7. The molecule has 10 heavy (non-hydrogen) atoms. The van der Waals surface area contributed by atoms with E-state index in [1.807, 2.05) is 10.9 Å². The van der Waals surface area contributed by atoms with E-state index < -0.39 is 20.3 Å². The first-order chi connectivity index (χ1) is 4.72. The standard InChI is InChI=1S/C5H5AsO2PSe/c7-9(8)5-3-1-2-4-6(5)10/h1-5H. The molecular formula is C5H5AsO2PSe. The molecular weight excluding hydrogens is 277 g/mol. The van der Waals surface area contributed by atoms with Gasteiger partial charge in [-0.25, -0.2) is 0 Å². The van der Waals surface area contributed by atoms with Gasteiger partial charge in [-0.15, -0.1) is 0 Å². The van der Waals surface area contributed by atoms with Crippen molar-refractivity contribution in [3.05, 3.63) is 23.1 Å². The zero-order valence-electron chi connectivity index (χ0n) is 5.01. The van der Waals surface area contributed by atoms with Crippen LogP contribution >= 0.6 is 8.03 Å². The molecule has 0 spiro atoms. The van der Waals surface area contributed by atoms with E-state index in [2.05, 4.69) is 13.5 Å². The molecule has 5 heteroatoms. The maximum absolute atomic E-state index is 10.5. The Morgan fingerprint density at radius 2 is 2.30 bits per heavy atom. The summed E-state index contributed by atoms with van der Waals surface area (Å²) in [5.41, 5.74) is 0. The first-order valence-electron chi connectivity index (χ1n) is 2.66. The third-order valence-electron chi connectivity index (χ3n) is 1.10. The summed E-state index contributed by atoms with van der Waals surface area (Å²) in [5.74, 6) is 0. The van der Waals surface area contributed by atoms with E-state index >= 15 is 0 Å². The van der Waals surface area contributed by atoms with Crippen LogP contribution in [0, 0.1) is 0 Å². The van der Waals surface area contributed by atoms with Gasteiger partial charge in [-0.1, -0.05) is 0 Å². The van der Waals surface area contributed by atoms with Crippen LogP contribution in [-0.2, 0) is 4.57 Å². The minimum atomic E-state index is -2.26. The van der Waals surface area contributed by atoms with E-state index in [4.69, 9.17) is 0 Å². The summed E-state index contributed by atoms with van der Waals surface area (Å²) in [5, 5.41) is 0. The number of rotatable bonds is 1. The molecule has 1 aliphatic rings. The van der Waals surface area contributed by atoms with Crippen molar-refractivity contribution in [1.82, 2.24) is 0 Å². The average Bonchev–Trinajstić information content (AvgIpc) is 1.88. The third-order valence-corrected chi connectivity index (χ3v) is 12.2. The van der Waals surface area contributed by atoms with Gasteiger partial charge in [-0.05, 0) is 0 Å². The average molecular weight is 282 g/mol. The second-order valence-electron chi connectivity index (χ2n) is 1.79. The maximum atomic E-state index is 10.5. The van der Waals surface area contributed by atoms with E-state index in [-0.39, 0.29) is 4.45 Å². The monoisotopic (exact) mass is 283 g/mol. The van der Waals surface area contributed by atoms with Gasteiger partial charge in [0.25, 0.3) is 0 Å². The Bertz CT molecular complexity index is 236. The van der Waals surface area contributed by atoms with Crippen LogP contribution < -0.4 is 4.89 Å². The summed E-state index contributed by atoms with van der Waals surface area (Å²) in [6.07, 6.45) is 5.45. The SMILES string of the molecule is O=[P+]([O-])C1C=CC=C[As]1=[Se]. The quantitative estimate of drug-likeness (QED) is 0.494. The first kappa shape index (κ1) is 8.71. The Hall–Kier alpha value is 0.618. The normalized spacial score (nSPS) is 28.7. The van der Waals surface area contributed by atoms with Gasteiger partial charge >= 0.3 is 70.7 Å². The molecule has 0 amide bonds. The van der Waals surface area contributed by atoms with Crippen molar-refractivity contribution in [2.24, 2.45) is 0 Å². The number of hydrogen-bond acceptors (Lipinski definition) is 2. The van der Waals surface area contributed by atoms with E-state index in [0.29, 0.717) is 0 Å². The summed E-state index contributed by atoms with van der Waals surface area (Å²) in [6, 6.07) is 0. The molecule has 0 aromatic rings. The van der Waals surface area contributed by atoms with Gasteiger partial charge < -0.3 is 0 Å². The summed E-state index contributed by atoms with van der Waals surface area (Å²) in [4.78, 5) is 12.5. The zero-order valence-corrected chi connectivity index (χ0v) is 9.49. The zero-order chi connectivity index (χ0) is 7.56. The van der Waals surface area contributed by atoms with Gasteiger partial charge in [-0.3, -0.25) is 0 Å². The Morgan fingerprint density at radius 3 is 2.70 bits per heavy atom. The van der Waals surface area contributed by atoms with Gasteiger partial charge in [0, 0.05) is 0 Å². The van der Waals surface area contributed by atoms with Gasteiger partial charge in [0.05, 0.1) is 0 Å². The Morgan fingerprint density at radius 1 is 1.60 bits per heavy atom. The Balaban J connectivity index is 2.80. The van der Waals surface area contributed by atoms with Crippen molar-refractivity contribution >= 4 is 33.7 Å². The van der Waals surface area contributed by atoms with Crippen LogP contribution in [-0.4, -0.2) is 30.1 Å². The molecule has 0 fully saturated rings. The minimum absolute atomic E-state index is 0.201. The summed E-state index contributed by atoms with van der Waals surface area (Å²) in [6.45, 7) is 0. The van der Waals surface area contributed by atoms with Crippen LogP contribution in [0.1, 0.15) is 0 Å². The van der Waals surface area contributed by atoms with Crippen molar-refractivity contribution in [1.29, 1.82) is 0 Å². The second kappa shape index (κ2) is 3.85. The van der Waals surface area contributed by atoms with Crippen LogP contribution in [0.4, 0.5) is 0 Å². The van der Waals surface area contributed by atoms with Crippen molar-refractivity contribution < 1.29 is 9.46 Å². The van der Waals surface area contributed by atoms with Gasteiger partial charge in [0.15, 0.2) is 0 Å². The van der Waals surface area contributed by atoms with Gasteiger partial charge in [0.1, 0.15) is 0 Å². The van der Waals surface area contributed by atoms with E-state index in [0.717, 1.165) is 0 Å². The van der Waals surface area contributed by atoms with Crippen LogP contribution in [0.15, 0.2) is 23.1 Å². The number of allylic oxidation sites excluding steroid dienone is 3. The molecule has 2 nitrogen and oxygen atoms in total. The van der Waals surface area contributed by atoms with E-state index in [9.17, 15) is 9.46 Å². The predicted molar refractivity (Wildman–Crippen MR) is 41.2 cm³/mol. The third kappa shape index (κ3) is 2.05. The van der Waals surface area contributed by atoms with Crippen LogP contribution in [0.5, 0.6) is 0 Å². The molecule has 1 heterocycles. The molecule has 0 aromatic carbocycles. The molecule has 1 aliphatic heterocycles. The van der Waals surface area contributed by atoms with Crippen LogP contribution in [0.2, 0.25) is 0 Å². The molecule has 1 radical (unpaired) electrons. The van der Waals surface area contributed by atoms with Crippen LogP contribution in [0.3, 0.4) is 0 Å². The molecule has 1 rings (SSSR count). The van der Waals surface area contributed by atoms with Gasteiger partial charge in [-0.2, -0.15) is 0 Å². The van der Waals surface area contributed by atoms with Crippen molar-refractivity contribution in [2.45, 2.75) is 4.45 Å². The fourth-order valence-electron chi connectivity index (χ4n) is 0.634. The molecule has 3 atom stereocenters. The molecule has 53 valence electrons. The fraction of sp³-hybridized carbons (Fsp3) is 0.200. The summed E-state index contributed by atoms with van der Waals surface area (Å²) >= 11 is 1.62. The summed E-state index contributed by atoms with van der Waals surface area (Å²) < 4.78 is 10.3. The number of hydrogen-bond donors (Lipinski definition) is 0. The Kier molecular flexibility index (Phi) is 3.36. The van der Waals surface area contributed by atoms with E-state index in [1.54, 1.807) is 12.2 Å². The topological polar surface area (TPSA) is 40.1 Å². The fourth-order valence-corrected chi connectivity index (χ4v) is 8.18. The van der Waals surface area contributed by atoms with Crippen LogP contribution in [0.25, 0.3) is 0 Å². The molecule has 0 aromatic heterocycles. The van der Waals surface area contributed by atoms with E-state index in [1.165, 1.54) is 0 Å². The molecule has 0 saturated carbocycles. The van der Waals surface area contributed by atoms with Crippen molar-refractivity contribution in [3.8, 4) is 0 Å². The van der Waals surface area contributed by atoms with Crippen molar-refractivity contribution in [2.75, 3.05) is 0 Å². The molecule has 0 N–H and O–H groups in total. The predicted octanol–water partition coefficient (Wildman–Crippen LogP) is -0.178. The van der Waals surface area contributed by atoms with Crippen molar-refractivity contribution in [3.63, 3.8) is 0 Å². The Labute approximate surface area is 70.7 Å². The van der Waals surface area contributed by atoms with Gasteiger partial charge in [0.2, 0.25) is 0 Å². The summed E-state index contributed by atoms with van der Waals surface area (Å²) in [7, 11) is -2.26. The molecule has 3 unspecified atom stereocenters. The first-order valence-corrected chi connectivity index (χ1v) is 10.8.